The number of pyridine rings is 1. The lowest BCUT2D eigenvalue weighted by Gasteiger charge is -2.08. The second-order valence-electron chi connectivity index (χ2n) is 3.27. The third kappa shape index (κ3) is 2.19. The van der Waals surface area contributed by atoms with Gasteiger partial charge in [0.2, 0.25) is 5.16 Å². The van der Waals surface area contributed by atoms with Crippen LogP contribution in [0.15, 0.2) is 28.3 Å². The van der Waals surface area contributed by atoms with Crippen molar-refractivity contribution in [3.05, 3.63) is 28.7 Å². The quantitative estimate of drug-likeness (QED) is 0.718. The molecule has 0 amide bonds. The van der Waals surface area contributed by atoms with Crippen molar-refractivity contribution in [2.45, 2.75) is 12.1 Å². The van der Waals surface area contributed by atoms with Crippen molar-refractivity contribution in [2.24, 2.45) is 0 Å². The van der Waals surface area contributed by atoms with Crippen molar-refractivity contribution in [3.63, 3.8) is 0 Å². The molecule has 0 saturated heterocycles. The van der Waals surface area contributed by atoms with Crippen LogP contribution in [-0.4, -0.2) is 31.8 Å². The van der Waals surface area contributed by atoms with E-state index >= 15 is 0 Å². The molecule has 2 heterocycles. The van der Waals surface area contributed by atoms with Crippen molar-refractivity contribution in [3.8, 4) is 0 Å². The van der Waals surface area contributed by atoms with Gasteiger partial charge in [0.25, 0.3) is 5.56 Å². The Balaban J connectivity index is 2.75. The average molecular weight is 253 g/mol. The van der Waals surface area contributed by atoms with Gasteiger partial charge in [0.1, 0.15) is 6.61 Å². The second-order valence-corrected chi connectivity index (χ2v) is 4.54. The summed E-state index contributed by atoms with van der Waals surface area (Å²) in [6.45, 7) is 2.11. The summed E-state index contributed by atoms with van der Waals surface area (Å²) in [4.78, 5) is 24.8. The van der Waals surface area contributed by atoms with E-state index < -0.39 is 10.8 Å². The van der Waals surface area contributed by atoms with Crippen LogP contribution in [0.25, 0.3) is 11.0 Å². The van der Waals surface area contributed by atoms with E-state index in [1.807, 2.05) is 0 Å². The van der Waals surface area contributed by atoms with Crippen molar-refractivity contribution >= 4 is 21.8 Å². The van der Waals surface area contributed by atoms with Crippen LogP contribution in [0.3, 0.4) is 0 Å². The predicted octanol–water partition coefficient (Wildman–Crippen LogP) is -0.0226. The number of hydrogen-bond acceptors (Lipinski definition) is 5. The molecule has 90 valence electrons. The highest BCUT2D eigenvalue weighted by Gasteiger charge is 2.09. The van der Waals surface area contributed by atoms with E-state index in [1.165, 1.54) is 18.5 Å². The summed E-state index contributed by atoms with van der Waals surface area (Å²) in [5, 5.41) is 0.837. The van der Waals surface area contributed by atoms with Crippen molar-refractivity contribution < 1.29 is 9.05 Å². The van der Waals surface area contributed by atoms with E-state index in [9.17, 15) is 9.00 Å². The van der Waals surface area contributed by atoms with Crippen LogP contribution < -0.4 is 10.4 Å². The summed E-state index contributed by atoms with van der Waals surface area (Å²) in [6.07, 6.45) is 3.00. The van der Waals surface area contributed by atoms with Gasteiger partial charge in [0.05, 0.1) is 10.8 Å². The minimum absolute atomic E-state index is 0.177. The molecule has 0 aliphatic heterocycles. The van der Waals surface area contributed by atoms with Gasteiger partial charge >= 0.3 is 0 Å². The van der Waals surface area contributed by atoms with Crippen molar-refractivity contribution in [2.75, 3.05) is 12.9 Å². The van der Waals surface area contributed by atoms with Crippen LogP contribution in [0.2, 0.25) is 0 Å². The molecule has 0 N–H and O–H groups in total. The lowest BCUT2D eigenvalue weighted by atomic mass is 10.3. The Morgan fingerprint density at radius 2 is 2.24 bits per heavy atom. The zero-order valence-corrected chi connectivity index (χ0v) is 10.2. The first kappa shape index (κ1) is 11.7. The van der Waals surface area contributed by atoms with Crippen molar-refractivity contribution in [1.82, 2.24) is 14.7 Å². The van der Waals surface area contributed by atoms with E-state index in [0.717, 1.165) is 4.73 Å². The fraction of sp³-hybridized carbons (Fsp3) is 0.300. The number of hydrogen-bond donors (Lipinski definition) is 0. The molecule has 1 unspecified atom stereocenters. The zero-order valence-electron chi connectivity index (χ0n) is 9.41. The molecule has 0 radical (unpaired) electrons. The molecular weight excluding hydrogens is 242 g/mol. The first-order valence-electron chi connectivity index (χ1n) is 4.99. The third-order valence-electron chi connectivity index (χ3n) is 2.09. The second kappa shape index (κ2) is 4.62. The van der Waals surface area contributed by atoms with Gasteiger partial charge in [-0.25, -0.2) is 4.98 Å². The molecule has 0 aliphatic rings. The first-order chi connectivity index (χ1) is 8.13. The molecule has 6 nitrogen and oxygen atoms in total. The molecule has 0 bridgehead atoms. The Labute approximate surface area is 99.7 Å². The maximum absolute atomic E-state index is 11.6. The minimum atomic E-state index is -1.30. The highest BCUT2D eigenvalue weighted by atomic mass is 32.2. The topological polar surface area (TPSA) is 74.1 Å². The molecule has 2 rings (SSSR count). The maximum Gasteiger partial charge on any atom is 0.285 e. The van der Waals surface area contributed by atoms with Crippen molar-refractivity contribution in [1.29, 1.82) is 0 Å². The fourth-order valence-corrected chi connectivity index (χ4v) is 1.79. The Hall–Kier alpha value is -1.76. The van der Waals surface area contributed by atoms with Crippen LogP contribution in [0.4, 0.5) is 0 Å². The number of nitrogens with zero attached hydrogens (tertiary/aromatic N) is 3. The maximum atomic E-state index is 11.6. The van der Waals surface area contributed by atoms with E-state index in [2.05, 4.69) is 9.97 Å². The highest BCUT2D eigenvalue weighted by Crippen LogP contribution is 2.08. The van der Waals surface area contributed by atoms with Gasteiger partial charge in [-0.05, 0) is 13.0 Å². The Morgan fingerprint density at radius 1 is 1.47 bits per heavy atom. The lowest BCUT2D eigenvalue weighted by Crippen LogP contribution is -2.27. The summed E-state index contributed by atoms with van der Waals surface area (Å²) in [5.74, 6) is 0. The van der Waals surface area contributed by atoms with Crippen LogP contribution in [0.5, 0.6) is 0 Å². The van der Waals surface area contributed by atoms with Gasteiger partial charge in [-0.2, -0.15) is 4.98 Å². The number of rotatable bonds is 3. The molecule has 2 aromatic rings. The summed E-state index contributed by atoms with van der Waals surface area (Å²) >= 11 is 0. The van der Waals surface area contributed by atoms with Gasteiger partial charge in [-0.15, -0.1) is 4.73 Å². The Morgan fingerprint density at radius 3 is 2.88 bits per heavy atom. The van der Waals surface area contributed by atoms with Crippen LogP contribution in [-0.2, 0) is 10.8 Å². The minimum Gasteiger partial charge on any atom is -0.409 e. The molecule has 1 atom stereocenters. The number of aromatic nitrogens is 3. The molecule has 0 spiro atoms. The molecule has 17 heavy (non-hydrogen) atoms. The summed E-state index contributed by atoms with van der Waals surface area (Å²) in [7, 11) is -1.30. The molecule has 0 aromatic carbocycles. The molecule has 0 aliphatic carbocycles. The highest BCUT2D eigenvalue weighted by molar-refractivity contribution is 7.84. The SMILES string of the molecule is CCOn1c(=O)ccc2cnc(S(C)=O)nc21. The monoisotopic (exact) mass is 253 g/mol. The fourth-order valence-electron chi connectivity index (χ4n) is 1.37. The predicted molar refractivity (Wildman–Crippen MR) is 63.3 cm³/mol. The summed E-state index contributed by atoms with van der Waals surface area (Å²) in [5.41, 5.74) is 0.0189. The summed E-state index contributed by atoms with van der Waals surface area (Å²) < 4.78 is 12.4. The van der Waals surface area contributed by atoms with Gasteiger partial charge < -0.3 is 4.84 Å². The Bertz CT molecular complexity index is 638. The van der Waals surface area contributed by atoms with Gasteiger partial charge in [0, 0.05) is 23.9 Å². The van der Waals surface area contributed by atoms with E-state index in [4.69, 9.17) is 4.84 Å². The molecule has 0 fully saturated rings. The van der Waals surface area contributed by atoms with E-state index in [-0.39, 0.29) is 10.7 Å². The molecular formula is C10H11N3O3S. The van der Waals surface area contributed by atoms with Gasteiger partial charge in [-0.1, -0.05) is 0 Å². The average Bonchev–Trinajstić information content (AvgIpc) is 2.32. The molecule has 2 aromatic heterocycles. The van der Waals surface area contributed by atoms with Gasteiger partial charge in [-0.3, -0.25) is 9.00 Å². The van der Waals surface area contributed by atoms with E-state index in [0.29, 0.717) is 17.6 Å². The smallest absolute Gasteiger partial charge is 0.285 e. The largest absolute Gasteiger partial charge is 0.409 e. The zero-order chi connectivity index (χ0) is 12.4. The van der Waals surface area contributed by atoms with Crippen LogP contribution in [0.1, 0.15) is 6.92 Å². The normalized spacial score (nSPS) is 12.6. The van der Waals surface area contributed by atoms with Crippen LogP contribution >= 0.6 is 0 Å². The molecule has 0 saturated carbocycles. The van der Waals surface area contributed by atoms with Crippen LogP contribution in [0, 0.1) is 0 Å². The van der Waals surface area contributed by atoms with Gasteiger partial charge in [0.15, 0.2) is 5.65 Å². The Kier molecular flexibility index (Phi) is 3.19. The standard InChI is InChI=1S/C10H11N3O3S/c1-3-16-13-8(14)5-4-7-6-11-10(17(2)15)12-9(7)13/h4-6H,3H2,1-2H3. The number of fused-ring (bicyclic) bond motifs is 1. The first-order valence-corrected chi connectivity index (χ1v) is 6.55. The van der Waals surface area contributed by atoms with E-state index in [1.54, 1.807) is 13.0 Å². The third-order valence-corrected chi connectivity index (χ3v) is 2.80. The lowest BCUT2D eigenvalue weighted by molar-refractivity contribution is 0.122. The summed E-state index contributed by atoms with van der Waals surface area (Å²) in [6, 6.07) is 2.99. The molecule has 7 heteroatoms.